The third kappa shape index (κ3) is 3.83. The van der Waals surface area contributed by atoms with E-state index in [1.165, 1.54) is 11.3 Å². The third-order valence-electron chi connectivity index (χ3n) is 4.83. The first-order valence-corrected chi connectivity index (χ1v) is 11.1. The van der Waals surface area contributed by atoms with Crippen LogP contribution in [0.15, 0.2) is 48.1 Å². The average molecular weight is 423 g/mol. The second-order valence-electron chi connectivity index (χ2n) is 6.73. The fourth-order valence-electron chi connectivity index (χ4n) is 3.30. The van der Waals surface area contributed by atoms with E-state index >= 15 is 0 Å². The lowest BCUT2D eigenvalue weighted by atomic mass is 10.2. The van der Waals surface area contributed by atoms with E-state index in [9.17, 15) is 4.79 Å². The van der Waals surface area contributed by atoms with Crippen LogP contribution in [0.2, 0.25) is 0 Å². The summed E-state index contributed by atoms with van der Waals surface area (Å²) in [5.41, 5.74) is 2.58. The Morgan fingerprint density at radius 2 is 1.86 bits per heavy atom. The normalized spacial score (nSPS) is 14.5. The first kappa shape index (κ1) is 18.1. The molecule has 146 valence electrons. The first-order chi connectivity index (χ1) is 14.3. The van der Waals surface area contributed by atoms with Gasteiger partial charge in [-0.1, -0.05) is 17.4 Å². The highest BCUT2D eigenvalue weighted by Gasteiger charge is 2.24. The van der Waals surface area contributed by atoms with E-state index < -0.39 is 0 Å². The van der Waals surface area contributed by atoms with E-state index in [0.29, 0.717) is 19.5 Å². The molecule has 5 heterocycles. The Bertz CT molecular complexity index is 1100. The van der Waals surface area contributed by atoms with Crippen LogP contribution in [0.3, 0.4) is 0 Å². The zero-order chi connectivity index (χ0) is 19.6. The summed E-state index contributed by atoms with van der Waals surface area (Å²) in [6.07, 6.45) is 3.87. The molecule has 0 N–H and O–H groups in total. The van der Waals surface area contributed by atoms with Crippen molar-refractivity contribution in [3.63, 3.8) is 0 Å². The SMILES string of the molecule is O=C(Cc1csc(-c2ccccn2)n1)N1CCN(c2nc3cccnc3s2)CC1. The fourth-order valence-corrected chi connectivity index (χ4v) is 5.06. The monoisotopic (exact) mass is 422 g/mol. The van der Waals surface area contributed by atoms with E-state index in [4.69, 9.17) is 0 Å². The van der Waals surface area contributed by atoms with Crippen molar-refractivity contribution < 1.29 is 4.79 Å². The Morgan fingerprint density at radius 1 is 1.00 bits per heavy atom. The molecule has 0 spiro atoms. The van der Waals surface area contributed by atoms with Gasteiger partial charge in [0, 0.05) is 44.0 Å². The molecule has 4 aromatic heterocycles. The highest BCUT2D eigenvalue weighted by Crippen LogP contribution is 2.28. The lowest BCUT2D eigenvalue weighted by molar-refractivity contribution is -0.130. The molecule has 0 unspecified atom stereocenters. The molecule has 0 radical (unpaired) electrons. The molecule has 9 heteroatoms. The van der Waals surface area contributed by atoms with Crippen LogP contribution in [0.1, 0.15) is 5.69 Å². The minimum atomic E-state index is 0.119. The van der Waals surface area contributed by atoms with Gasteiger partial charge in [-0.3, -0.25) is 9.78 Å². The van der Waals surface area contributed by atoms with Crippen molar-refractivity contribution in [1.82, 2.24) is 24.8 Å². The van der Waals surface area contributed by atoms with Crippen molar-refractivity contribution in [3.8, 4) is 10.7 Å². The zero-order valence-corrected chi connectivity index (χ0v) is 17.2. The molecule has 1 saturated heterocycles. The molecule has 4 aromatic rings. The number of rotatable bonds is 4. The maximum atomic E-state index is 12.7. The molecule has 1 amide bonds. The van der Waals surface area contributed by atoms with Gasteiger partial charge >= 0.3 is 0 Å². The van der Waals surface area contributed by atoms with Crippen LogP contribution in [-0.4, -0.2) is 56.9 Å². The third-order valence-corrected chi connectivity index (χ3v) is 6.78. The molecule has 1 aliphatic rings. The Balaban J connectivity index is 1.20. The Kier molecular flexibility index (Phi) is 4.91. The maximum absolute atomic E-state index is 12.7. The standard InChI is InChI=1S/C20H18N6OS2/c27-17(12-14-13-28-19(23-14)15-4-1-2-6-21-15)25-8-10-26(11-9-25)20-24-16-5-3-7-22-18(16)29-20/h1-7,13H,8-12H2. The summed E-state index contributed by atoms with van der Waals surface area (Å²) in [5.74, 6) is 0.119. The lowest BCUT2D eigenvalue weighted by Gasteiger charge is -2.34. The molecular formula is C20H18N6OS2. The molecule has 5 rings (SSSR count). The summed E-state index contributed by atoms with van der Waals surface area (Å²) in [7, 11) is 0. The van der Waals surface area contributed by atoms with Crippen LogP contribution in [-0.2, 0) is 11.2 Å². The van der Waals surface area contributed by atoms with Gasteiger partial charge in [-0.25, -0.2) is 15.0 Å². The van der Waals surface area contributed by atoms with Gasteiger partial charge < -0.3 is 9.80 Å². The molecule has 0 saturated carbocycles. The van der Waals surface area contributed by atoms with Gasteiger partial charge in [0.1, 0.15) is 15.4 Å². The Hall–Kier alpha value is -2.91. The van der Waals surface area contributed by atoms with Crippen molar-refractivity contribution in [2.75, 3.05) is 31.1 Å². The van der Waals surface area contributed by atoms with Gasteiger partial charge in [0.05, 0.1) is 17.8 Å². The second-order valence-corrected chi connectivity index (χ2v) is 8.54. The van der Waals surface area contributed by atoms with E-state index in [0.717, 1.165) is 45.0 Å². The van der Waals surface area contributed by atoms with E-state index in [-0.39, 0.29) is 5.91 Å². The molecule has 7 nitrogen and oxygen atoms in total. The van der Waals surface area contributed by atoms with Crippen LogP contribution in [0.5, 0.6) is 0 Å². The number of nitrogens with zero attached hydrogens (tertiary/aromatic N) is 6. The molecule has 29 heavy (non-hydrogen) atoms. The minimum Gasteiger partial charge on any atom is -0.344 e. The van der Waals surface area contributed by atoms with Crippen molar-refractivity contribution in [2.45, 2.75) is 6.42 Å². The van der Waals surface area contributed by atoms with Gasteiger partial charge in [0.2, 0.25) is 5.91 Å². The van der Waals surface area contributed by atoms with E-state index in [1.807, 2.05) is 40.6 Å². The predicted molar refractivity (Wildman–Crippen MR) is 115 cm³/mol. The summed E-state index contributed by atoms with van der Waals surface area (Å²) in [5, 5.41) is 3.78. The van der Waals surface area contributed by atoms with Crippen LogP contribution in [0.25, 0.3) is 21.0 Å². The first-order valence-electron chi connectivity index (χ1n) is 9.36. The minimum absolute atomic E-state index is 0.119. The van der Waals surface area contributed by atoms with Crippen molar-refractivity contribution in [2.24, 2.45) is 0 Å². The quantitative estimate of drug-likeness (QED) is 0.503. The number of carbonyl (C=O) groups excluding carboxylic acids is 1. The summed E-state index contributed by atoms with van der Waals surface area (Å²) in [4.78, 5) is 35.8. The molecule has 0 bridgehead atoms. The number of anilines is 1. The number of carbonyl (C=O) groups is 1. The summed E-state index contributed by atoms with van der Waals surface area (Å²) in [6, 6.07) is 9.64. The number of pyridine rings is 2. The van der Waals surface area contributed by atoms with Crippen LogP contribution >= 0.6 is 22.7 Å². The summed E-state index contributed by atoms with van der Waals surface area (Å²) < 4.78 is 0. The van der Waals surface area contributed by atoms with Gasteiger partial charge in [0.25, 0.3) is 0 Å². The molecule has 0 aromatic carbocycles. The number of thiazole rings is 2. The molecule has 0 aliphatic carbocycles. The number of piperazine rings is 1. The number of fused-ring (bicyclic) bond motifs is 1. The number of hydrogen-bond acceptors (Lipinski definition) is 8. The molecule has 1 fully saturated rings. The maximum Gasteiger partial charge on any atom is 0.228 e. The van der Waals surface area contributed by atoms with Crippen molar-refractivity contribution in [3.05, 3.63) is 53.8 Å². The highest BCUT2D eigenvalue weighted by atomic mass is 32.1. The lowest BCUT2D eigenvalue weighted by Crippen LogP contribution is -2.49. The van der Waals surface area contributed by atoms with E-state index in [2.05, 4.69) is 24.8 Å². The molecular weight excluding hydrogens is 404 g/mol. The summed E-state index contributed by atoms with van der Waals surface area (Å²) in [6.45, 7) is 2.95. The predicted octanol–water partition coefficient (Wildman–Crippen LogP) is 3.10. The van der Waals surface area contributed by atoms with Gasteiger partial charge in [0.15, 0.2) is 5.13 Å². The van der Waals surface area contributed by atoms with Gasteiger partial charge in [-0.05, 0) is 24.3 Å². The number of amides is 1. The topological polar surface area (TPSA) is 75.1 Å². The summed E-state index contributed by atoms with van der Waals surface area (Å²) >= 11 is 3.13. The Morgan fingerprint density at radius 3 is 2.66 bits per heavy atom. The number of hydrogen-bond donors (Lipinski definition) is 0. The smallest absolute Gasteiger partial charge is 0.228 e. The largest absolute Gasteiger partial charge is 0.344 e. The second kappa shape index (κ2) is 7.84. The molecule has 0 atom stereocenters. The average Bonchev–Trinajstić information content (AvgIpc) is 3.41. The van der Waals surface area contributed by atoms with Gasteiger partial charge in [-0.15, -0.1) is 11.3 Å². The van der Waals surface area contributed by atoms with Crippen molar-refractivity contribution in [1.29, 1.82) is 0 Å². The Labute approximate surface area is 175 Å². The zero-order valence-electron chi connectivity index (χ0n) is 15.6. The van der Waals surface area contributed by atoms with Gasteiger partial charge in [-0.2, -0.15) is 0 Å². The van der Waals surface area contributed by atoms with Crippen LogP contribution in [0, 0.1) is 0 Å². The number of aromatic nitrogens is 4. The fraction of sp³-hybridized carbons (Fsp3) is 0.250. The van der Waals surface area contributed by atoms with Crippen molar-refractivity contribution >= 4 is 44.1 Å². The highest BCUT2D eigenvalue weighted by molar-refractivity contribution is 7.21. The van der Waals surface area contributed by atoms with Crippen LogP contribution < -0.4 is 4.90 Å². The van der Waals surface area contributed by atoms with E-state index in [1.54, 1.807) is 23.7 Å². The molecule has 1 aliphatic heterocycles. The van der Waals surface area contributed by atoms with Crippen LogP contribution in [0.4, 0.5) is 5.13 Å².